The van der Waals surface area contributed by atoms with Gasteiger partial charge in [-0.2, -0.15) is 4.99 Å². The first-order valence-electron chi connectivity index (χ1n) is 4.59. The number of hydrogen-bond acceptors (Lipinski definition) is 6. The molecule has 0 N–H and O–H groups in total. The summed E-state index contributed by atoms with van der Waals surface area (Å²) in [6, 6.07) is 7.62. The highest BCUT2D eigenvalue weighted by Gasteiger charge is 2.01. The van der Waals surface area contributed by atoms with Crippen molar-refractivity contribution in [2.75, 3.05) is 12.5 Å². The Morgan fingerprint density at radius 3 is 2.44 bits per heavy atom. The van der Waals surface area contributed by atoms with Crippen molar-refractivity contribution in [1.82, 2.24) is 15.2 Å². The first kappa shape index (κ1) is 11.3. The van der Waals surface area contributed by atoms with E-state index in [4.69, 9.17) is 0 Å². The van der Waals surface area contributed by atoms with Gasteiger partial charge in [0.2, 0.25) is 0 Å². The van der Waals surface area contributed by atoms with Gasteiger partial charge in [-0.15, -0.1) is 33.7 Å². The van der Waals surface area contributed by atoms with E-state index in [0.717, 1.165) is 15.4 Å². The summed E-state index contributed by atoms with van der Waals surface area (Å²) in [5.74, 6) is 0.414. The third kappa shape index (κ3) is 2.51. The van der Waals surface area contributed by atoms with Gasteiger partial charge in [0.15, 0.2) is 0 Å². The average Bonchev–Trinajstić information content (AvgIpc) is 2.35. The van der Waals surface area contributed by atoms with Crippen LogP contribution in [0.25, 0.3) is 11.0 Å². The van der Waals surface area contributed by atoms with E-state index in [1.54, 1.807) is 23.5 Å². The van der Waals surface area contributed by atoms with Crippen molar-refractivity contribution >= 4 is 44.9 Å². The van der Waals surface area contributed by atoms with Gasteiger partial charge in [0.1, 0.15) is 9.89 Å². The normalized spacial score (nSPS) is 10.4. The van der Waals surface area contributed by atoms with Crippen LogP contribution in [-0.4, -0.2) is 32.1 Å². The molecule has 2 rings (SSSR count). The summed E-state index contributed by atoms with van der Waals surface area (Å²) in [5.41, 5.74) is 1.61. The molecule has 0 saturated heterocycles. The van der Waals surface area contributed by atoms with E-state index in [2.05, 4.69) is 20.2 Å². The lowest BCUT2D eigenvalue weighted by molar-refractivity contribution is 1.01. The van der Waals surface area contributed by atoms with Crippen LogP contribution in [0, 0.1) is 0 Å². The highest BCUT2D eigenvalue weighted by Crippen LogP contribution is 2.17. The summed E-state index contributed by atoms with van der Waals surface area (Å²) in [4.78, 5) is 8.63. The molecule has 0 bridgehead atoms. The van der Waals surface area contributed by atoms with Crippen LogP contribution in [0.15, 0.2) is 29.3 Å². The van der Waals surface area contributed by atoms with Crippen molar-refractivity contribution in [2.24, 2.45) is 4.99 Å². The molecule has 4 nitrogen and oxygen atoms in total. The fourth-order valence-corrected chi connectivity index (χ4v) is 2.19. The van der Waals surface area contributed by atoms with Crippen molar-refractivity contribution in [3.8, 4) is 0 Å². The molecule has 0 fully saturated rings. The fraction of sp³-hybridized carbons (Fsp3) is 0.200. The Bertz CT molecular complexity index is 521. The molecule has 6 heteroatoms. The van der Waals surface area contributed by atoms with Gasteiger partial charge in [0.25, 0.3) is 5.95 Å². The molecule has 2 aromatic rings. The molecule has 0 aliphatic rings. The van der Waals surface area contributed by atoms with Crippen LogP contribution in [0.4, 0.5) is 5.95 Å². The molecule has 0 atom stereocenters. The standard InChI is InChI=1S/C10H10N4S2/c1-15-10(16-2)12-9-11-7-5-3-4-6-8(7)13-14-9/h3-6H,1-2H3. The topological polar surface area (TPSA) is 51.0 Å². The number of aromatic nitrogens is 3. The monoisotopic (exact) mass is 250 g/mol. The van der Waals surface area contributed by atoms with Crippen LogP contribution in [-0.2, 0) is 0 Å². The maximum Gasteiger partial charge on any atom is 0.271 e. The number of para-hydroxylation sites is 1. The van der Waals surface area contributed by atoms with Gasteiger partial charge in [0, 0.05) is 0 Å². The summed E-state index contributed by atoms with van der Waals surface area (Å²) in [5, 5.41) is 8.03. The second-order valence-electron chi connectivity index (χ2n) is 2.89. The van der Waals surface area contributed by atoms with Crippen LogP contribution < -0.4 is 0 Å². The first-order chi connectivity index (χ1) is 7.83. The molecular formula is C10H10N4S2. The molecule has 0 unspecified atom stereocenters. The summed E-state index contributed by atoms with van der Waals surface area (Å²) in [6.07, 6.45) is 3.95. The molecule has 0 aliphatic carbocycles. The molecule has 0 saturated carbocycles. The maximum atomic E-state index is 4.32. The van der Waals surface area contributed by atoms with Crippen molar-refractivity contribution < 1.29 is 0 Å². The molecule has 0 amide bonds. The Balaban J connectivity index is 2.43. The van der Waals surface area contributed by atoms with E-state index in [0.29, 0.717) is 5.95 Å². The zero-order chi connectivity index (χ0) is 11.4. The van der Waals surface area contributed by atoms with E-state index in [1.165, 1.54) is 0 Å². The van der Waals surface area contributed by atoms with Crippen LogP contribution in [0.5, 0.6) is 0 Å². The Morgan fingerprint density at radius 2 is 1.75 bits per heavy atom. The van der Waals surface area contributed by atoms with E-state index in [-0.39, 0.29) is 0 Å². The van der Waals surface area contributed by atoms with Crippen molar-refractivity contribution in [3.05, 3.63) is 24.3 Å². The number of nitrogens with zero attached hydrogens (tertiary/aromatic N) is 4. The summed E-state index contributed by atoms with van der Waals surface area (Å²) >= 11 is 3.15. The van der Waals surface area contributed by atoms with Gasteiger partial charge in [-0.25, -0.2) is 4.98 Å². The zero-order valence-corrected chi connectivity index (χ0v) is 10.5. The third-order valence-electron chi connectivity index (χ3n) is 1.89. The van der Waals surface area contributed by atoms with Gasteiger partial charge in [0.05, 0.1) is 5.52 Å². The molecule has 1 aromatic carbocycles. The molecule has 0 spiro atoms. The van der Waals surface area contributed by atoms with Crippen molar-refractivity contribution in [2.45, 2.75) is 0 Å². The van der Waals surface area contributed by atoms with E-state index in [1.807, 2.05) is 36.8 Å². The van der Waals surface area contributed by atoms with Gasteiger partial charge in [-0.1, -0.05) is 12.1 Å². The number of aliphatic imine (C=N–C) groups is 1. The lowest BCUT2D eigenvalue weighted by Gasteiger charge is -1.98. The van der Waals surface area contributed by atoms with E-state index in [9.17, 15) is 0 Å². The fourth-order valence-electron chi connectivity index (χ4n) is 1.18. The molecule has 1 heterocycles. The molecule has 1 aromatic heterocycles. The lowest BCUT2D eigenvalue weighted by atomic mass is 10.3. The minimum absolute atomic E-state index is 0.414. The number of rotatable bonds is 1. The quantitative estimate of drug-likeness (QED) is 0.575. The Morgan fingerprint density at radius 1 is 1.06 bits per heavy atom. The Labute approximate surface area is 102 Å². The molecular weight excluding hydrogens is 240 g/mol. The third-order valence-corrected chi connectivity index (χ3v) is 3.77. The summed E-state index contributed by atoms with van der Waals surface area (Å²) < 4.78 is 0.928. The Hall–Kier alpha value is -1.14. The predicted molar refractivity (Wildman–Crippen MR) is 71.5 cm³/mol. The van der Waals surface area contributed by atoms with Gasteiger partial charge >= 0.3 is 0 Å². The number of hydrogen-bond donors (Lipinski definition) is 0. The number of thioether (sulfide) groups is 2. The van der Waals surface area contributed by atoms with Crippen LogP contribution in [0.1, 0.15) is 0 Å². The maximum absolute atomic E-state index is 4.32. The summed E-state index contributed by atoms with van der Waals surface area (Å²) in [7, 11) is 0. The van der Waals surface area contributed by atoms with Gasteiger partial charge in [-0.3, -0.25) is 0 Å². The molecule has 82 valence electrons. The second-order valence-corrected chi connectivity index (χ2v) is 4.73. The van der Waals surface area contributed by atoms with Crippen molar-refractivity contribution in [3.63, 3.8) is 0 Å². The smallest absolute Gasteiger partial charge is 0.208 e. The number of fused-ring (bicyclic) bond motifs is 1. The van der Waals surface area contributed by atoms with Crippen LogP contribution >= 0.6 is 23.5 Å². The van der Waals surface area contributed by atoms with E-state index < -0.39 is 0 Å². The zero-order valence-electron chi connectivity index (χ0n) is 8.91. The SMILES string of the molecule is CSC(=Nc1nnc2ccccc2n1)SC. The highest BCUT2D eigenvalue weighted by molar-refractivity contribution is 8.38. The van der Waals surface area contributed by atoms with E-state index >= 15 is 0 Å². The average molecular weight is 250 g/mol. The van der Waals surface area contributed by atoms with Crippen LogP contribution in [0.3, 0.4) is 0 Å². The molecule has 0 radical (unpaired) electrons. The lowest BCUT2D eigenvalue weighted by Crippen LogP contribution is -1.90. The molecule has 16 heavy (non-hydrogen) atoms. The van der Waals surface area contributed by atoms with Crippen molar-refractivity contribution in [1.29, 1.82) is 0 Å². The van der Waals surface area contributed by atoms with Gasteiger partial charge < -0.3 is 0 Å². The second kappa shape index (κ2) is 5.27. The minimum atomic E-state index is 0.414. The Kier molecular flexibility index (Phi) is 3.74. The largest absolute Gasteiger partial charge is 0.271 e. The van der Waals surface area contributed by atoms with Crippen LogP contribution in [0.2, 0.25) is 0 Å². The summed E-state index contributed by atoms with van der Waals surface area (Å²) in [6.45, 7) is 0. The number of benzene rings is 1. The van der Waals surface area contributed by atoms with Gasteiger partial charge in [-0.05, 0) is 24.6 Å². The predicted octanol–water partition coefficient (Wildman–Crippen LogP) is 2.74. The minimum Gasteiger partial charge on any atom is -0.208 e. The first-order valence-corrected chi connectivity index (χ1v) is 7.04. The molecule has 0 aliphatic heterocycles. The highest BCUT2D eigenvalue weighted by atomic mass is 32.2.